The second-order valence-corrected chi connectivity index (χ2v) is 7.97. The molecule has 0 saturated heterocycles. The van der Waals surface area contributed by atoms with Gasteiger partial charge in [0.25, 0.3) is 0 Å². The van der Waals surface area contributed by atoms with Gasteiger partial charge in [-0.15, -0.1) is 0 Å². The van der Waals surface area contributed by atoms with E-state index >= 15 is 0 Å². The zero-order valence-electron chi connectivity index (χ0n) is 11.1. The van der Waals surface area contributed by atoms with Crippen LogP contribution in [0.1, 0.15) is 32.1 Å². The van der Waals surface area contributed by atoms with E-state index in [9.17, 15) is 5.11 Å². The maximum absolute atomic E-state index is 9.67. The molecule has 0 amide bonds. The van der Waals surface area contributed by atoms with Gasteiger partial charge in [-0.25, -0.2) is 0 Å². The Morgan fingerprint density at radius 2 is 1.65 bits per heavy atom. The van der Waals surface area contributed by atoms with Crippen LogP contribution in [-0.2, 0) is 13.3 Å². The molecule has 5 nitrogen and oxygen atoms in total. The maximum Gasteiger partial charge on any atom is 0.500 e. The van der Waals surface area contributed by atoms with Crippen molar-refractivity contribution < 1.29 is 18.4 Å². The van der Waals surface area contributed by atoms with Crippen LogP contribution >= 0.6 is 0 Å². The van der Waals surface area contributed by atoms with Gasteiger partial charge in [-0.1, -0.05) is 0 Å². The summed E-state index contributed by atoms with van der Waals surface area (Å²) in [7, 11) is 2.48. The van der Waals surface area contributed by atoms with Crippen molar-refractivity contribution in [1.82, 2.24) is 0 Å². The first kappa shape index (κ1) is 15.1. The molecule has 0 radical (unpaired) electrons. The average Bonchev–Trinajstić information content (AvgIpc) is 2.33. The van der Waals surface area contributed by atoms with Crippen molar-refractivity contribution in [3.05, 3.63) is 0 Å². The first-order valence-corrected chi connectivity index (χ1v) is 8.07. The molecule has 0 atom stereocenters. The van der Waals surface area contributed by atoms with Crippen molar-refractivity contribution >= 4 is 8.80 Å². The monoisotopic (exact) mass is 263 g/mol. The summed E-state index contributed by atoms with van der Waals surface area (Å²) in [6, 6.07) is 0.824. The van der Waals surface area contributed by atoms with E-state index in [0.29, 0.717) is 18.8 Å². The standard InChI is InChI=1S/C11H25NO4Si/c1-14-17(15-2,16-3)9-6-10-4-7-11(12,13)8-5-10/h10,13H,4-9,12H2,1-3H3. The second kappa shape index (κ2) is 6.26. The molecular weight excluding hydrogens is 238 g/mol. The summed E-state index contributed by atoms with van der Waals surface area (Å²) in [5, 5.41) is 9.67. The summed E-state index contributed by atoms with van der Waals surface area (Å²) in [5.74, 6) is 0.589. The SMILES string of the molecule is CO[Si](CCC1CCC(N)(O)CC1)(OC)OC. The van der Waals surface area contributed by atoms with E-state index in [-0.39, 0.29) is 0 Å². The Morgan fingerprint density at radius 1 is 1.18 bits per heavy atom. The number of rotatable bonds is 6. The van der Waals surface area contributed by atoms with Crippen LogP contribution in [0.25, 0.3) is 0 Å². The highest BCUT2D eigenvalue weighted by molar-refractivity contribution is 6.60. The molecule has 1 rings (SSSR count). The van der Waals surface area contributed by atoms with E-state index in [1.807, 2.05) is 0 Å². The van der Waals surface area contributed by atoms with Crippen LogP contribution in [0, 0.1) is 5.92 Å². The van der Waals surface area contributed by atoms with E-state index in [1.165, 1.54) is 0 Å². The Balaban J connectivity index is 2.36. The lowest BCUT2D eigenvalue weighted by Crippen LogP contribution is -2.45. The molecule has 6 heteroatoms. The van der Waals surface area contributed by atoms with Gasteiger partial charge in [0, 0.05) is 27.4 Å². The van der Waals surface area contributed by atoms with Gasteiger partial charge in [-0.05, 0) is 38.0 Å². The Bertz CT molecular complexity index is 215. The number of nitrogens with two attached hydrogens (primary N) is 1. The highest BCUT2D eigenvalue weighted by Gasteiger charge is 2.39. The van der Waals surface area contributed by atoms with Crippen LogP contribution < -0.4 is 5.73 Å². The van der Waals surface area contributed by atoms with Crippen LogP contribution in [0.5, 0.6) is 0 Å². The molecule has 0 aliphatic heterocycles. The first-order valence-electron chi connectivity index (χ1n) is 6.13. The van der Waals surface area contributed by atoms with Crippen LogP contribution in [-0.4, -0.2) is 41.0 Å². The first-order chi connectivity index (χ1) is 7.97. The van der Waals surface area contributed by atoms with Gasteiger partial charge in [0.15, 0.2) is 0 Å². The van der Waals surface area contributed by atoms with Gasteiger partial charge >= 0.3 is 8.80 Å². The van der Waals surface area contributed by atoms with Crippen molar-refractivity contribution in [3.63, 3.8) is 0 Å². The fraction of sp³-hybridized carbons (Fsp3) is 1.00. The van der Waals surface area contributed by atoms with Crippen LogP contribution in [0.15, 0.2) is 0 Å². The predicted molar refractivity (Wildman–Crippen MR) is 67.3 cm³/mol. The maximum atomic E-state index is 9.67. The fourth-order valence-corrected chi connectivity index (χ4v) is 4.28. The fourth-order valence-electron chi connectivity index (χ4n) is 2.40. The molecule has 3 N–H and O–H groups in total. The van der Waals surface area contributed by atoms with Crippen LogP contribution in [0.2, 0.25) is 6.04 Å². The summed E-state index contributed by atoms with van der Waals surface area (Å²) < 4.78 is 16.2. The van der Waals surface area contributed by atoms with Gasteiger partial charge in [0.05, 0.1) is 0 Å². The molecule has 0 unspecified atom stereocenters. The average molecular weight is 263 g/mol. The van der Waals surface area contributed by atoms with E-state index in [4.69, 9.17) is 19.0 Å². The molecule has 1 aliphatic rings. The highest BCUT2D eigenvalue weighted by atomic mass is 28.4. The quantitative estimate of drug-likeness (QED) is 0.554. The molecule has 1 saturated carbocycles. The molecule has 0 aromatic heterocycles. The summed E-state index contributed by atoms with van der Waals surface area (Å²) in [6.07, 6.45) is 4.30. The lowest BCUT2D eigenvalue weighted by Gasteiger charge is -2.34. The minimum absolute atomic E-state index is 0.589. The summed E-state index contributed by atoms with van der Waals surface area (Å²) in [5.41, 5.74) is 4.74. The molecule has 0 heterocycles. The topological polar surface area (TPSA) is 73.9 Å². The molecule has 0 bridgehead atoms. The number of hydrogen-bond acceptors (Lipinski definition) is 5. The minimum atomic E-state index is -2.43. The zero-order valence-corrected chi connectivity index (χ0v) is 12.1. The number of hydrogen-bond donors (Lipinski definition) is 2. The molecule has 17 heavy (non-hydrogen) atoms. The molecular formula is C11H25NO4Si. The lowest BCUT2D eigenvalue weighted by atomic mass is 9.83. The Morgan fingerprint density at radius 3 is 2.06 bits per heavy atom. The Labute approximate surface area is 105 Å². The van der Waals surface area contributed by atoms with Crippen molar-refractivity contribution in [2.75, 3.05) is 21.3 Å². The second-order valence-electron chi connectivity index (χ2n) is 4.88. The Hall–Kier alpha value is 0.0169. The van der Waals surface area contributed by atoms with Gasteiger partial charge in [0.1, 0.15) is 5.72 Å². The van der Waals surface area contributed by atoms with Crippen molar-refractivity contribution in [2.45, 2.75) is 43.9 Å². The third kappa shape index (κ3) is 4.31. The van der Waals surface area contributed by atoms with E-state index in [1.54, 1.807) is 21.3 Å². The predicted octanol–water partition coefficient (Wildman–Crippen LogP) is 1.09. The van der Waals surface area contributed by atoms with Crippen molar-refractivity contribution in [1.29, 1.82) is 0 Å². The van der Waals surface area contributed by atoms with E-state index in [0.717, 1.165) is 25.3 Å². The lowest BCUT2D eigenvalue weighted by molar-refractivity contribution is -0.00448. The molecule has 0 aromatic carbocycles. The van der Waals surface area contributed by atoms with Crippen LogP contribution in [0.4, 0.5) is 0 Å². The normalized spacial score (nSPS) is 30.5. The molecule has 0 aromatic rings. The van der Waals surface area contributed by atoms with E-state index in [2.05, 4.69) is 0 Å². The van der Waals surface area contributed by atoms with Gasteiger partial charge < -0.3 is 24.1 Å². The van der Waals surface area contributed by atoms with Crippen molar-refractivity contribution in [2.24, 2.45) is 11.7 Å². The van der Waals surface area contributed by atoms with Gasteiger partial charge in [-0.3, -0.25) is 0 Å². The third-order valence-electron chi connectivity index (χ3n) is 3.76. The summed E-state index contributed by atoms with van der Waals surface area (Å²) in [6.45, 7) is 0. The Kier molecular flexibility index (Phi) is 5.55. The third-order valence-corrected chi connectivity index (χ3v) is 6.53. The molecule has 0 spiro atoms. The van der Waals surface area contributed by atoms with Crippen molar-refractivity contribution in [3.8, 4) is 0 Å². The molecule has 102 valence electrons. The van der Waals surface area contributed by atoms with Gasteiger partial charge in [-0.2, -0.15) is 0 Å². The van der Waals surface area contributed by atoms with Crippen LogP contribution in [0.3, 0.4) is 0 Å². The molecule has 1 fully saturated rings. The largest absolute Gasteiger partial charge is 0.500 e. The zero-order chi connectivity index (χ0) is 12.9. The van der Waals surface area contributed by atoms with Gasteiger partial charge in [0.2, 0.25) is 0 Å². The summed E-state index contributed by atoms with van der Waals surface area (Å²) >= 11 is 0. The number of aliphatic hydroxyl groups is 1. The van der Waals surface area contributed by atoms with E-state index < -0.39 is 14.5 Å². The minimum Gasteiger partial charge on any atom is -0.377 e. The smallest absolute Gasteiger partial charge is 0.377 e. The highest BCUT2D eigenvalue weighted by Crippen LogP contribution is 2.33. The summed E-state index contributed by atoms with van der Waals surface area (Å²) in [4.78, 5) is 0. The molecule has 1 aliphatic carbocycles.